The molecule has 0 spiro atoms. The molecule has 20 heavy (non-hydrogen) atoms. The molecule has 110 valence electrons. The van der Waals surface area contributed by atoms with E-state index in [0.717, 1.165) is 0 Å². The largest absolute Gasteiger partial charge is 0.355 e. The highest BCUT2D eigenvalue weighted by Gasteiger charge is 2.25. The van der Waals surface area contributed by atoms with E-state index < -0.39 is 6.04 Å². The Hall–Kier alpha value is -1.91. The summed E-state index contributed by atoms with van der Waals surface area (Å²) >= 11 is 0. The van der Waals surface area contributed by atoms with Crippen LogP contribution in [0.1, 0.15) is 32.8 Å². The quantitative estimate of drug-likeness (QED) is 0.867. The summed E-state index contributed by atoms with van der Waals surface area (Å²) in [6.45, 7) is 5.78. The molecule has 1 unspecified atom stereocenters. The lowest BCUT2D eigenvalue weighted by atomic mass is 10.1. The number of hydrogen-bond donors (Lipinski definition) is 1. The molecular weight excluding hydrogens is 259 g/mol. The Labute approximate surface area is 119 Å². The van der Waals surface area contributed by atoms with E-state index in [1.165, 1.54) is 11.0 Å². The molecule has 0 aliphatic heterocycles. The smallest absolute Gasteiger partial charge is 0.242 e. The molecule has 0 bridgehead atoms. The highest BCUT2D eigenvalue weighted by Crippen LogP contribution is 2.13. The summed E-state index contributed by atoms with van der Waals surface area (Å²) in [6, 6.07) is 5.65. The van der Waals surface area contributed by atoms with Crippen molar-refractivity contribution in [1.82, 2.24) is 10.2 Å². The monoisotopic (exact) mass is 280 g/mol. The molecule has 1 rings (SSSR count). The predicted molar refractivity (Wildman–Crippen MR) is 75.4 cm³/mol. The lowest BCUT2D eigenvalue weighted by Gasteiger charge is -2.28. The third-order valence-electron chi connectivity index (χ3n) is 3.12. The number of carbonyl (C=O) groups is 2. The first-order chi connectivity index (χ1) is 9.51. The van der Waals surface area contributed by atoms with Crippen molar-refractivity contribution in [2.24, 2.45) is 0 Å². The maximum atomic E-state index is 13.7. The molecule has 0 saturated heterocycles. The van der Waals surface area contributed by atoms with E-state index >= 15 is 0 Å². The van der Waals surface area contributed by atoms with Crippen LogP contribution in [0.15, 0.2) is 24.3 Å². The molecule has 1 atom stereocenters. The van der Waals surface area contributed by atoms with Crippen LogP contribution in [0.3, 0.4) is 0 Å². The van der Waals surface area contributed by atoms with Gasteiger partial charge in [-0.3, -0.25) is 9.59 Å². The van der Waals surface area contributed by atoms with Gasteiger partial charge in [0.25, 0.3) is 0 Å². The van der Waals surface area contributed by atoms with Crippen LogP contribution in [0.4, 0.5) is 4.39 Å². The van der Waals surface area contributed by atoms with Gasteiger partial charge in [-0.15, -0.1) is 0 Å². The number of likely N-dealkylation sites (N-methyl/N-ethyl adjacent to an activating group) is 1. The molecule has 1 aromatic carbocycles. The Morgan fingerprint density at radius 1 is 1.30 bits per heavy atom. The van der Waals surface area contributed by atoms with Crippen LogP contribution in [0.25, 0.3) is 0 Å². The molecule has 1 aromatic rings. The summed E-state index contributed by atoms with van der Waals surface area (Å²) in [5.41, 5.74) is 0.408. The number of hydrogen-bond acceptors (Lipinski definition) is 2. The summed E-state index contributed by atoms with van der Waals surface area (Å²) in [6.07, 6.45) is 0.276. The van der Waals surface area contributed by atoms with Crippen molar-refractivity contribution in [3.63, 3.8) is 0 Å². The van der Waals surface area contributed by atoms with E-state index in [2.05, 4.69) is 5.32 Å². The Kier molecular flexibility index (Phi) is 6.15. The van der Waals surface area contributed by atoms with Crippen molar-refractivity contribution in [3.05, 3.63) is 35.6 Å². The maximum Gasteiger partial charge on any atom is 0.242 e. The van der Waals surface area contributed by atoms with Gasteiger partial charge in [0.1, 0.15) is 11.9 Å². The Balaban J connectivity index is 2.93. The van der Waals surface area contributed by atoms with Gasteiger partial charge in [-0.2, -0.15) is 0 Å². The van der Waals surface area contributed by atoms with Crippen molar-refractivity contribution < 1.29 is 14.0 Å². The first-order valence-corrected chi connectivity index (χ1v) is 6.81. The van der Waals surface area contributed by atoms with Gasteiger partial charge in [0, 0.05) is 25.1 Å². The molecule has 0 aliphatic rings. The fourth-order valence-corrected chi connectivity index (χ4v) is 1.92. The third kappa shape index (κ3) is 4.05. The van der Waals surface area contributed by atoms with Gasteiger partial charge < -0.3 is 10.2 Å². The van der Waals surface area contributed by atoms with Gasteiger partial charge in [-0.05, 0) is 19.9 Å². The van der Waals surface area contributed by atoms with Crippen LogP contribution in [0, 0.1) is 5.82 Å². The van der Waals surface area contributed by atoms with Crippen molar-refractivity contribution >= 4 is 11.8 Å². The lowest BCUT2D eigenvalue weighted by Crippen LogP contribution is -2.47. The number of carbonyl (C=O) groups excluding carboxylic acids is 2. The zero-order valence-electron chi connectivity index (χ0n) is 12.1. The topological polar surface area (TPSA) is 49.4 Å². The van der Waals surface area contributed by atoms with Gasteiger partial charge in [-0.1, -0.05) is 25.1 Å². The van der Waals surface area contributed by atoms with Crippen LogP contribution >= 0.6 is 0 Å². The zero-order valence-corrected chi connectivity index (χ0v) is 12.1. The summed E-state index contributed by atoms with van der Waals surface area (Å²) in [5.74, 6) is -0.776. The van der Waals surface area contributed by atoms with Crippen molar-refractivity contribution in [1.29, 1.82) is 0 Å². The Morgan fingerprint density at radius 2 is 1.95 bits per heavy atom. The number of halogens is 1. The number of amides is 2. The van der Waals surface area contributed by atoms with Crippen molar-refractivity contribution in [2.45, 2.75) is 39.8 Å². The summed E-state index contributed by atoms with van der Waals surface area (Å²) in [7, 11) is 0. The molecule has 5 heteroatoms. The highest BCUT2D eigenvalue weighted by molar-refractivity contribution is 5.87. The molecule has 0 radical (unpaired) electrons. The fourth-order valence-electron chi connectivity index (χ4n) is 1.92. The van der Waals surface area contributed by atoms with Gasteiger partial charge in [-0.25, -0.2) is 4.39 Å². The molecule has 1 N–H and O–H groups in total. The predicted octanol–water partition coefficient (Wildman–Crippen LogP) is 2.09. The van der Waals surface area contributed by atoms with E-state index in [1.807, 2.05) is 6.92 Å². The van der Waals surface area contributed by atoms with Crippen LogP contribution in [0.2, 0.25) is 0 Å². The molecule has 0 fully saturated rings. The van der Waals surface area contributed by atoms with Crippen molar-refractivity contribution in [3.8, 4) is 0 Å². The van der Waals surface area contributed by atoms with E-state index in [9.17, 15) is 14.0 Å². The molecule has 4 nitrogen and oxygen atoms in total. The minimum atomic E-state index is -0.623. The molecule has 0 heterocycles. The average Bonchev–Trinajstić information content (AvgIpc) is 2.45. The maximum absolute atomic E-state index is 13.7. The van der Waals surface area contributed by atoms with Gasteiger partial charge in [0.2, 0.25) is 11.8 Å². The SMILES string of the molecule is CCNC(=O)C(C)N(Cc1ccccc1F)C(=O)CC. The van der Waals surface area contributed by atoms with Crippen LogP contribution in [-0.4, -0.2) is 29.3 Å². The first-order valence-electron chi connectivity index (χ1n) is 6.81. The molecule has 0 aliphatic carbocycles. The molecule has 0 aromatic heterocycles. The minimum absolute atomic E-state index is 0.0949. The Morgan fingerprint density at radius 3 is 2.50 bits per heavy atom. The second-order valence-corrected chi connectivity index (χ2v) is 4.54. The summed E-state index contributed by atoms with van der Waals surface area (Å²) < 4.78 is 13.7. The van der Waals surface area contributed by atoms with E-state index in [0.29, 0.717) is 12.1 Å². The molecule has 2 amide bonds. The van der Waals surface area contributed by atoms with Gasteiger partial charge in [0.05, 0.1) is 0 Å². The van der Waals surface area contributed by atoms with Crippen LogP contribution in [-0.2, 0) is 16.1 Å². The Bertz CT molecular complexity index is 477. The second-order valence-electron chi connectivity index (χ2n) is 4.54. The number of rotatable bonds is 6. The molecular formula is C15H21FN2O2. The zero-order chi connectivity index (χ0) is 15.1. The van der Waals surface area contributed by atoms with E-state index in [1.54, 1.807) is 32.0 Å². The first kappa shape index (κ1) is 16.1. The van der Waals surface area contributed by atoms with E-state index in [4.69, 9.17) is 0 Å². The lowest BCUT2D eigenvalue weighted by molar-refractivity contribution is -0.140. The van der Waals surface area contributed by atoms with Gasteiger partial charge >= 0.3 is 0 Å². The standard InChI is InChI=1S/C15H21FN2O2/c1-4-14(19)18(11(3)15(20)17-5-2)10-12-8-6-7-9-13(12)16/h6-9,11H,4-5,10H2,1-3H3,(H,17,20). The van der Waals surface area contributed by atoms with E-state index in [-0.39, 0.29) is 30.6 Å². The van der Waals surface area contributed by atoms with Crippen LogP contribution < -0.4 is 5.32 Å². The molecule has 0 saturated carbocycles. The number of nitrogens with zero attached hydrogens (tertiary/aromatic N) is 1. The van der Waals surface area contributed by atoms with Crippen LogP contribution in [0.5, 0.6) is 0 Å². The normalized spacial score (nSPS) is 11.8. The summed E-state index contributed by atoms with van der Waals surface area (Å²) in [5, 5.41) is 2.68. The fraction of sp³-hybridized carbons (Fsp3) is 0.467. The highest BCUT2D eigenvalue weighted by atomic mass is 19.1. The van der Waals surface area contributed by atoms with Crippen molar-refractivity contribution in [2.75, 3.05) is 6.54 Å². The van der Waals surface area contributed by atoms with Gasteiger partial charge in [0.15, 0.2) is 0 Å². The average molecular weight is 280 g/mol. The third-order valence-corrected chi connectivity index (χ3v) is 3.12. The number of nitrogens with one attached hydrogen (secondary N) is 1. The minimum Gasteiger partial charge on any atom is -0.355 e. The summed E-state index contributed by atoms with van der Waals surface area (Å²) in [4.78, 5) is 25.3. The number of benzene rings is 1. The second kappa shape index (κ2) is 7.62.